The normalized spacial score (nSPS) is 16.3. The standard InChI is InChI=1S/C19H41N5O.HI/c1-4-6-17-25-18-9-11-22-19(20-3)21-10-7-8-12-24-15-13-23(5-2)14-16-24;/h4-18H2,1-3H3,(H2,20,21,22);1H. The predicted molar refractivity (Wildman–Crippen MR) is 123 cm³/mol. The SMILES string of the molecule is CCCCOCCCNC(=NC)NCCCCN1CCN(CC)CC1.I. The van der Waals surface area contributed by atoms with Crippen molar-refractivity contribution in [3.63, 3.8) is 0 Å². The Balaban J connectivity index is 0.00000625. The van der Waals surface area contributed by atoms with E-state index in [1.807, 2.05) is 7.05 Å². The molecule has 7 heteroatoms. The Labute approximate surface area is 178 Å². The first-order chi connectivity index (χ1) is 12.3. The first-order valence-electron chi connectivity index (χ1n) is 10.3. The van der Waals surface area contributed by atoms with E-state index in [2.05, 4.69) is 39.3 Å². The van der Waals surface area contributed by atoms with Crippen LogP contribution < -0.4 is 10.6 Å². The Bertz CT molecular complexity index is 336. The molecule has 1 heterocycles. The number of aliphatic imine (C=N–C) groups is 1. The van der Waals surface area contributed by atoms with Gasteiger partial charge in [-0.3, -0.25) is 4.99 Å². The highest BCUT2D eigenvalue weighted by molar-refractivity contribution is 14.0. The predicted octanol–water partition coefficient (Wildman–Crippen LogP) is 2.39. The average molecular weight is 483 g/mol. The van der Waals surface area contributed by atoms with Crippen molar-refractivity contribution >= 4 is 29.9 Å². The van der Waals surface area contributed by atoms with Crippen molar-refractivity contribution in [2.75, 3.05) is 72.6 Å². The average Bonchev–Trinajstić information content (AvgIpc) is 2.65. The number of hydrogen-bond donors (Lipinski definition) is 2. The molecule has 2 N–H and O–H groups in total. The number of nitrogens with one attached hydrogen (secondary N) is 2. The number of piperazine rings is 1. The fourth-order valence-electron chi connectivity index (χ4n) is 2.95. The van der Waals surface area contributed by atoms with Gasteiger partial charge in [-0.05, 0) is 38.8 Å². The van der Waals surface area contributed by atoms with Crippen LogP contribution in [0.2, 0.25) is 0 Å². The van der Waals surface area contributed by atoms with E-state index in [-0.39, 0.29) is 24.0 Å². The monoisotopic (exact) mass is 483 g/mol. The van der Waals surface area contributed by atoms with Crippen LogP contribution in [0, 0.1) is 0 Å². The molecular weight excluding hydrogens is 441 g/mol. The molecule has 0 bridgehead atoms. The van der Waals surface area contributed by atoms with Gasteiger partial charge in [0.25, 0.3) is 0 Å². The molecule has 0 aromatic carbocycles. The van der Waals surface area contributed by atoms with Crippen LogP contribution in [0.15, 0.2) is 4.99 Å². The van der Waals surface area contributed by atoms with E-state index in [1.165, 1.54) is 58.5 Å². The van der Waals surface area contributed by atoms with E-state index in [1.54, 1.807) is 0 Å². The first-order valence-corrected chi connectivity index (χ1v) is 10.3. The molecule has 0 atom stereocenters. The van der Waals surface area contributed by atoms with Crippen molar-refractivity contribution in [2.45, 2.75) is 46.0 Å². The second kappa shape index (κ2) is 18.3. The maximum absolute atomic E-state index is 5.57. The molecule has 26 heavy (non-hydrogen) atoms. The van der Waals surface area contributed by atoms with E-state index in [9.17, 15) is 0 Å². The largest absolute Gasteiger partial charge is 0.381 e. The number of hydrogen-bond acceptors (Lipinski definition) is 4. The molecule has 156 valence electrons. The van der Waals surface area contributed by atoms with E-state index in [0.717, 1.165) is 45.1 Å². The molecular formula is C19H42IN5O. The molecule has 1 saturated heterocycles. The molecule has 0 spiro atoms. The Morgan fingerprint density at radius 2 is 1.50 bits per heavy atom. The van der Waals surface area contributed by atoms with Gasteiger partial charge in [0.1, 0.15) is 0 Å². The smallest absolute Gasteiger partial charge is 0.190 e. The zero-order valence-electron chi connectivity index (χ0n) is 17.3. The number of unbranched alkanes of at least 4 members (excludes halogenated alkanes) is 2. The van der Waals surface area contributed by atoms with Gasteiger partial charge in [0, 0.05) is 59.5 Å². The Kier molecular flexibility index (Phi) is 18.2. The third kappa shape index (κ3) is 13.1. The third-order valence-corrected chi connectivity index (χ3v) is 4.73. The van der Waals surface area contributed by atoms with Crippen LogP contribution >= 0.6 is 24.0 Å². The quantitative estimate of drug-likeness (QED) is 0.182. The lowest BCUT2D eigenvalue weighted by Crippen LogP contribution is -2.46. The first kappa shape index (κ1) is 25.9. The second-order valence-electron chi connectivity index (χ2n) is 6.73. The molecule has 0 amide bonds. The molecule has 1 fully saturated rings. The van der Waals surface area contributed by atoms with Gasteiger partial charge < -0.3 is 25.2 Å². The molecule has 1 rings (SSSR count). The third-order valence-electron chi connectivity index (χ3n) is 4.73. The molecule has 0 aromatic heterocycles. The van der Waals surface area contributed by atoms with Gasteiger partial charge in [-0.15, -0.1) is 24.0 Å². The molecule has 0 radical (unpaired) electrons. The fraction of sp³-hybridized carbons (Fsp3) is 0.947. The minimum atomic E-state index is 0. The maximum Gasteiger partial charge on any atom is 0.190 e. The molecule has 0 unspecified atom stereocenters. The van der Waals surface area contributed by atoms with E-state index in [0.29, 0.717) is 0 Å². The van der Waals surface area contributed by atoms with Crippen molar-refractivity contribution in [3.05, 3.63) is 0 Å². The summed E-state index contributed by atoms with van der Waals surface area (Å²) in [5, 5.41) is 6.76. The van der Waals surface area contributed by atoms with Crippen LogP contribution in [0.3, 0.4) is 0 Å². The molecule has 1 aliphatic rings. The summed E-state index contributed by atoms with van der Waals surface area (Å²) in [5.74, 6) is 0.908. The van der Waals surface area contributed by atoms with E-state index < -0.39 is 0 Å². The van der Waals surface area contributed by atoms with Gasteiger partial charge in [-0.1, -0.05) is 20.3 Å². The Hall–Kier alpha value is -0.120. The summed E-state index contributed by atoms with van der Waals surface area (Å²) >= 11 is 0. The summed E-state index contributed by atoms with van der Waals surface area (Å²) in [5.41, 5.74) is 0. The van der Waals surface area contributed by atoms with Crippen molar-refractivity contribution in [1.82, 2.24) is 20.4 Å². The number of guanidine groups is 1. The van der Waals surface area contributed by atoms with Crippen molar-refractivity contribution in [1.29, 1.82) is 0 Å². The summed E-state index contributed by atoms with van der Waals surface area (Å²) in [7, 11) is 1.83. The van der Waals surface area contributed by atoms with Crippen LogP contribution in [0.25, 0.3) is 0 Å². The van der Waals surface area contributed by atoms with Gasteiger partial charge in [0.15, 0.2) is 5.96 Å². The number of ether oxygens (including phenoxy) is 1. The lowest BCUT2D eigenvalue weighted by molar-refractivity contribution is 0.129. The van der Waals surface area contributed by atoms with E-state index >= 15 is 0 Å². The van der Waals surface area contributed by atoms with Gasteiger partial charge in [0.2, 0.25) is 0 Å². The van der Waals surface area contributed by atoms with Crippen molar-refractivity contribution in [3.8, 4) is 0 Å². The summed E-state index contributed by atoms with van der Waals surface area (Å²) in [4.78, 5) is 9.40. The van der Waals surface area contributed by atoms with Crippen LogP contribution in [0.4, 0.5) is 0 Å². The minimum Gasteiger partial charge on any atom is -0.381 e. The van der Waals surface area contributed by atoms with Gasteiger partial charge in [-0.25, -0.2) is 0 Å². The zero-order chi connectivity index (χ0) is 18.2. The van der Waals surface area contributed by atoms with E-state index in [4.69, 9.17) is 4.74 Å². The highest BCUT2D eigenvalue weighted by atomic mass is 127. The van der Waals surface area contributed by atoms with Crippen molar-refractivity contribution in [2.24, 2.45) is 4.99 Å². The zero-order valence-corrected chi connectivity index (χ0v) is 19.6. The lowest BCUT2D eigenvalue weighted by Gasteiger charge is -2.34. The van der Waals surface area contributed by atoms with Gasteiger partial charge in [-0.2, -0.15) is 0 Å². The fourth-order valence-corrected chi connectivity index (χ4v) is 2.95. The Morgan fingerprint density at radius 3 is 2.12 bits per heavy atom. The highest BCUT2D eigenvalue weighted by Gasteiger charge is 2.14. The molecule has 0 saturated carbocycles. The summed E-state index contributed by atoms with van der Waals surface area (Å²) in [6, 6.07) is 0. The van der Waals surface area contributed by atoms with Gasteiger partial charge in [0.05, 0.1) is 0 Å². The summed E-state index contributed by atoms with van der Waals surface area (Å²) in [6.07, 6.45) is 5.82. The highest BCUT2D eigenvalue weighted by Crippen LogP contribution is 2.02. The number of halogens is 1. The number of rotatable bonds is 13. The van der Waals surface area contributed by atoms with Crippen molar-refractivity contribution < 1.29 is 4.74 Å². The lowest BCUT2D eigenvalue weighted by atomic mass is 10.2. The number of nitrogens with zero attached hydrogens (tertiary/aromatic N) is 3. The Morgan fingerprint density at radius 1 is 0.885 bits per heavy atom. The second-order valence-corrected chi connectivity index (χ2v) is 6.73. The molecule has 1 aliphatic heterocycles. The topological polar surface area (TPSA) is 52.1 Å². The summed E-state index contributed by atoms with van der Waals surface area (Å²) < 4.78 is 5.57. The van der Waals surface area contributed by atoms with Crippen LogP contribution in [0.5, 0.6) is 0 Å². The van der Waals surface area contributed by atoms with Gasteiger partial charge >= 0.3 is 0 Å². The van der Waals surface area contributed by atoms with Crippen LogP contribution in [0.1, 0.15) is 46.0 Å². The minimum absolute atomic E-state index is 0. The summed E-state index contributed by atoms with van der Waals surface area (Å²) in [6.45, 7) is 15.4. The van der Waals surface area contributed by atoms with Crippen LogP contribution in [-0.2, 0) is 4.74 Å². The molecule has 0 aromatic rings. The van der Waals surface area contributed by atoms with Crippen LogP contribution in [-0.4, -0.2) is 88.4 Å². The number of likely N-dealkylation sites (N-methyl/N-ethyl adjacent to an activating group) is 1. The maximum atomic E-state index is 5.57. The molecule has 6 nitrogen and oxygen atoms in total. The molecule has 0 aliphatic carbocycles.